The summed E-state index contributed by atoms with van der Waals surface area (Å²) in [5.74, 6) is -0.856. The highest BCUT2D eigenvalue weighted by Crippen LogP contribution is 2.33. The number of hydrogen-bond donors (Lipinski definition) is 1. The van der Waals surface area contributed by atoms with Gasteiger partial charge in [0.2, 0.25) is 10.0 Å². The topological polar surface area (TPSA) is 103 Å². The summed E-state index contributed by atoms with van der Waals surface area (Å²) in [6.07, 6.45) is 5.14. The Hall–Kier alpha value is -3.04. The van der Waals surface area contributed by atoms with Crippen molar-refractivity contribution < 1.29 is 18.0 Å². The number of rotatable bonds is 5. The number of sulfonamides is 1. The van der Waals surface area contributed by atoms with Crippen molar-refractivity contribution in [2.24, 2.45) is 0 Å². The minimum atomic E-state index is -3.57. The van der Waals surface area contributed by atoms with Crippen LogP contribution in [-0.4, -0.2) is 64.8 Å². The largest absolute Gasteiger partial charge is 0.346 e. The van der Waals surface area contributed by atoms with Crippen molar-refractivity contribution in [3.8, 4) is 0 Å². The molecule has 160 valence electrons. The number of aromatic nitrogens is 2. The van der Waals surface area contributed by atoms with E-state index >= 15 is 0 Å². The van der Waals surface area contributed by atoms with Gasteiger partial charge >= 0.3 is 0 Å². The van der Waals surface area contributed by atoms with Gasteiger partial charge in [0.1, 0.15) is 5.65 Å². The van der Waals surface area contributed by atoms with Crippen LogP contribution >= 0.6 is 0 Å². The molecule has 4 heterocycles. The maximum atomic E-state index is 12.9. The summed E-state index contributed by atoms with van der Waals surface area (Å²) in [7, 11) is -3.57. The van der Waals surface area contributed by atoms with Crippen LogP contribution in [0, 0.1) is 0 Å². The molecule has 8 nitrogen and oxygen atoms in total. The Kier molecular flexibility index (Phi) is 4.86. The minimum absolute atomic E-state index is 0.136. The lowest BCUT2D eigenvalue weighted by Crippen LogP contribution is -2.42. The van der Waals surface area contributed by atoms with E-state index in [2.05, 4.69) is 9.97 Å². The van der Waals surface area contributed by atoms with Crippen molar-refractivity contribution in [3.05, 3.63) is 65.5 Å². The molecule has 0 unspecified atom stereocenters. The number of nitrogens with one attached hydrogen (secondary N) is 1. The maximum absolute atomic E-state index is 12.9. The highest BCUT2D eigenvalue weighted by Gasteiger charge is 2.37. The van der Waals surface area contributed by atoms with Gasteiger partial charge in [-0.3, -0.25) is 14.5 Å². The van der Waals surface area contributed by atoms with Gasteiger partial charge in [-0.15, -0.1) is 0 Å². The first-order chi connectivity index (χ1) is 15.0. The van der Waals surface area contributed by atoms with Crippen LogP contribution in [0.1, 0.15) is 45.0 Å². The lowest BCUT2D eigenvalue weighted by atomic mass is 9.90. The van der Waals surface area contributed by atoms with Gasteiger partial charge in [-0.05, 0) is 48.6 Å². The number of carbonyl (C=O) groups excluding carboxylic acids is 2. The van der Waals surface area contributed by atoms with Crippen molar-refractivity contribution in [1.29, 1.82) is 0 Å². The second kappa shape index (κ2) is 7.58. The Balaban J connectivity index is 1.23. The fraction of sp³-hybridized carbons (Fsp3) is 0.318. The second-order valence-electron chi connectivity index (χ2n) is 7.94. The number of benzene rings is 1. The SMILES string of the molecule is O=C1c2ccccc2C(=O)N1CCS(=O)(=O)N1CCC(c2c[nH]c3ncccc23)CC1. The van der Waals surface area contributed by atoms with E-state index in [0.717, 1.165) is 15.9 Å². The van der Waals surface area contributed by atoms with E-state index in [0.29, 0.717) is 37.1 Å². The van der Waals surface area contributed by atoms with Crippen LogP contribution in [0.3, 0.4) is 0 Å². The highest BCUT2D eigenvalue weighted by atomic mass is 32.2. The average Bonchev–Trinajstić information content (AvgIpc) is 3.32. The normalized spacial score (nSPS) is 18.1. The molecule has 3 aromatic rings. The predicted molar refractivity (Wildman–Crippen MR) is 115 cm³/mol. The fourth-order valence-corrected chi connectivity index (χ4v) is 5.98. The third-order valence-electron chi connectivity index (χ3n) is 6.22. The maximum Gasteiger partial charge on any atom is 0.261 e. The van der Waals surface area contributed by atoms with Gasteiger partial charge in [0.15, 0.2) is 0 Å². The first kappa shape index (κ1) is 19.9. The molecule has 5 rings (SSSR count). The molecule has 1 N–H and O–H groups in total. The van der Waals surface area contributed by atoms with E-state index in [1.807, 2.05) is 18.3 Å². The van der Waals surface area contributed by atoms with Gasteiger partial charge in [-0.25, -0.2) is 17.7 Å². The summed E-state index contributed by atoms with van der Waals surface area (Å²) in [6, 6.07) is 10.5. The Morgan fingerprint density at radius 2 is 1.68 bits per heavy atom. The Labute approximate surface area is 179 Å². The number of aromatic amines is 1. The van der Waals surface area contributed by atoms with Crippen LogP contribution in [0.5, 0.6) is 0 Å². The zero-order valence-electron chi connectivity index (χ0n) is 16.8. The summed E-state index contributed by atoms with van der Waals surface area (Å²) in [5, 5.41) is 1.08. The molecule has 2 aliphatic heterocycles. The predicted octanol–water partition coefficient (Wildman–Crippen LogP) is 2.37. The number of carbonyl (C=O) groups is 2. The van der Waals surface area contributed by atoms with E-state index in [1.54, 1.807) is 30.5 Å². The van der Waals surface area contributed by atoms with Gasteiger partial charge in [0.05, 0.1) is 16.9 Å². The number of pyridine rings is 1. The van der Waals surface area contributed by atoms with Crippen molar-refractivity contribution >= 4 is 32.9 Å². The molecule has 0 atom stereocenters. The van der Waals surface area contributed by atoms with Crippen LogP contribution in [0.4, 0.5) is 0 Å². The number of imide groups is 1. The highest BCUT2D eigenvalue weighted by molar-refractivity contribution is 7.89. The zero-order valence-corrected chi connectivity index (χ0v) is 17.6. The molecule has 0 radical (unpaired) electrons. The Bertz CT molecular complexity index is 1240. The first-order valence-electron chi connectivity index (χ1n) is 10.3. The Morgan fingerprint density at radius 3 is 2.35 bits per heavy atom. The first-order valence-corrected chi connectivity index (χ1v) is 11.9. The molecule has 2 aromatic heterocycles. The molecule has 0 aliphatic carbocycles. The van der Waals surface area contributed by atoms with Gasteiger partial charge in [-0.1, -0.05) is 12.1 Å². The molecule has 1 aromatic carbocycles. The quantitative estimate of drug-likeness (QED) is 0.616. The molecule has 0 bridgehead atoms. The monoisotopic (exact) mass is 438 g/mol. The third-order valence-corrected chi connectivity index (χ3v) is 8.07. The summed E-state index contributed by atoms with van der Waals surface area (Å²) in [5.41, 5.74) is 2.68. The number of H-pyrrole nitrogens is 1. The number of amides is 2. The standard InChI is InChI=1S/C22H22N4O4S/c27-21-17-4-1-2-5-18(17)22(28)26(21)12-13-31(29,30)25-10-7-15(8-11-25)19-14-24-20-16(19)6-3-9-23-20/h1-6,9,14-15H,7-8,10-13H2,(H,23,24). The molecule has 2 aliphatic rings. The number of nitrogens with zero attached hydrogens (tertiary/aromatic N) is 3. The van der Waals surface area contributed by atoms with E-state index < -0.39 is 21.8 Å². The molecule has 2 amide bonds. The summed E-state index contributed by atoms with van der Waals surface area (Å²) >= 11 is 0. The van der Waals surface area contributed by atoms with Crippen LogP contribution in [0.2, 0.25) is 0 Å². The van der Waals surface area contributed by atoms with Gasteiger partial charge in [0, 0.05) is 37.4 Å². The molecular formula is C22H22N4O4S. The van der Waals surface area contributed by atoms with E-state index in [-0.39, 0.29) is 18.2 Å². The minimum Gasteiger partial charge on any atom is -0.346 e. The van der Waals surface area contributed by atoms with Gasteiger partial charge in [0.25, 0.3) is 11.8 Å². The third kappa shape index (κ3) is 3.43. The summed E-state index contributed by atoms with van der Waals surface area (Å²) in [4.78, 5) is 33.5. The van der Waals surface area contributed by atoms with Gasteiger partial charge in [-0.2, -0.15) is 0 Å². The van der Waals surface area contributed by atoms with Gasteiger partial charge < -0.3 is 4.98 Å². The molecule has 31 heavy (non-hydrogen) atoms. The molecule has 0 saturated carbocycles. The average molecular weight is 439 g/mol. The molecule has 9 heteroatoms. The van der Waals surface area contributed by atoms with Crippen molar-refractivity contribution in [3.63, 3.8) is 0 Å². The van der Waals surface area contributed by atoms with Crippen molar-refractivity contribution in [1.82, 2.24) is 19.2 Å². The number of hydrogen-bond acceptors (Lipinski definition) is 5. The molecule has 1 fully saturated rings. The number of piperidine rings is 1. The lowest BCUT2D eigenvalue weighted by molar-refractivity contribution is 0.0663. The molecular weight excluding hydrogens is 416 g/mol. The van der Waals surface area contributed by atoms with E-state index in [9.17, 15) is 18.0 Å². The van der Waals surface area contributed by atoms with Crippen molar-refractivity contribution in [2.45, 2.75) is 18.8 Å². The van der Waals surface area contributed by atoms with Crippen LogP contribution in [0.15, 0.2) is 48.8 Å². The van der Waals surface area contributed by atoms with Crippen LogP contribution < -0.4 is 0 Å². The Morgan fingerprint density at radius 1 is 1.00 bits per heavy atom. The smallest absolute Gasteiger partial charge is 0.261 e. The van der Waals surface area contributed by atoms with Crippen LogP contribution in [-0.2, 0) is 10.0 Å². The lowest BCUT2D eigenvalue weighted by Gasteiger charge is -2.31. The summed E-state index contributed by atoms with van der Waals surface area (Å²) < 4.78 is 27.3. The molecule has 1 saturated heterocycles. The second-order valence-corrected chi connectivity index (χ2v) is 10.0. The number of fused-ring (bicyclic) bond motifs is 2. The zero-order chi connectivity index (χ0) is 21.6. The fourth-order valence-electron chi connectivity index (χ4n) is 4.54. The van der Waals surface area contributed by atoms with E-state index in [4.69, 9.17) is 0 Å². The summed E-state index contributed by atoms with van der Waals surface area (Å²) in [6.45, 7) is 0.701. The van der Waals surface area contributed by atoms with E-state index in [1.165, 1.54) is 9.87 Å². The van der Waals surface area contributed by atoms with Crippen molar-refractivity contribution in [2.75, 3.05) is 25.4 Å². The molecule has 0 spiro atoms. The van der Waals surface area contributed by atoms with Crippen LogP contribution in [0.25, 0.3) is 11.0 Å².